The first-order valence-electron chi connectivity index (χ1n) is 8.71. The van der Waals surface area contributed by atoms with Crippen molar-refractivity contribution in [1.82, 2.24) is 16.2 Å². The molecule has 158 valence electrons. The Labute approximate surface area is 170 Å². The third-order valence-corrected chi connectivity index (χ3v) is 3.90. The fourth-order valence-corrected chi connectivity index (χ4v) is 2.26. The number of benzene rings is 2. The molecule has 2 rings (SSSR count). The maximum Gasteiger partial charge on any atom is 0.279 e. The number of halogens is 1. The van der Waals surface area contributed by atoms with Gasteiger partial charge in [0.2, 0.25) is 0 Å². The summed E-state index contributed by atoms with van der Waals surface area (Å²) in [5, 5.41) is 13.2. The second-order valence-electron chi connectivity index (χ2n) is 6.19. The lowest BCUT2D eigenvalue weighted by Gasteiger charge is -2.15. The van der Waals surface area contributed by atoms with Crippen LogP contribution in [-0.4, -0.2) is 35.3 Å². The molecule has 11 heteroatoms. The van der Waals surface area contributed by atoms with Crippen LogP contribution in [0.25, 0.3) is 0 Å². The topological polar surface area (TPSA) is 140 Å². The predicted octanol–water partition coefficient (Wildman–Crippen LogP) is 1.39. The van der Waals surface area contributed by atoms with Gasteiger partial charge in [-0.2, -0.15) is 0 Å². The number of carbonyl (C=O) groups excluding carboxylic acids is 3. The van der Waals surface area contributed by atoms with Gasteiger partial charge in [0.1, 0.15) is 11.6 Å². The summed E-state index contributed by atoms with van der Waals surface area (Å²) in [4.78, 5) is 46.1. The van der Waals surface area contributed by atoms with Gasteiger partial charge in [-0.15, -0.1) is 0 Å². The zero-order valence-electron chi connectivity index (χ0n) is 16.1. The molecule has 0 bridgehead atoms. The first kappa shape index (κ1) is 22.3. The summed E-state index contributed by atoms with van der Waals surface area (Å²) < 4.78 is 18.2. The van der Waals surface area contributed by atoms with Gasteiger partial charge in [-0.25, -0.2) is 4.39 Å². The fourth-order valence-electron chi connectivity index (χ4n) is 2.26. The van der Waals surface area contributed by atoms with Crippen LogP contribution in [0.3, 0.4) is 0 Å². The molecule has 0 aliphatic carbocycles. The van der Waals surface area contributed by atoms with Crippen molar-refractivity contribution in [3.63, 3.8) is 0 Å². The van der Waals surface area contributed by atoms with E-state index >= 15 is 0 Å². The third-order valence-electron chi connectivity index (χ3n) is 3.90. The monoisotopic (exact) mass is 418 g/mol. The van der Waals surface area contributed by atoms with Crippen LogP contribution in [0.2, 0.25) is 0 Å². The highest BCUT2D eigenvalue weighted by Gasteiger charge is 2.17. The minimum absolute atomic E-state index is 0.0189. The fraction of sp³-hybridized carbons (Fsp3) is 0.211. The van der Waals surface area contributed by atoms with Gasteiger partial charge in [0.15, 0.2) is 6.10 Å². The average Bonchev–Trinajstić information content (AvgIpc) is 2.71. The lowest BCUT2D eigenvalue weighted by molar-refractivity contribution is -0.385. The van der Waals surface area contributed by atoms with E-state index in [4.69, 9.17) is 4.74 Å². The van der Waals surface area contributed by atoms with Crippen LogP contribution in [-0.2, 0) is 9.59 Å². The molecule has 1 atom stereocenters. The van der Waals surface area contributed by atoms with Crippen LogP contribution in [0.1, 0.15) is 22.8 Å². The van der Waals surface area contributed by atoms with E-state index in [1.54, 1.807) is 0 Å². The molecule has 0 aromatic heterocycles. The van der Waals surface area contributed by atoms with Crippen molar-refractivity contribution in [1.29, 1.82) is 0 Å². The van der Waals surface area contributed by atoms with E-state index in [1.807, 2.05) is 0 Å². The lowest BCUT2D eigenvalue weighted by atomic mass is 10.1. The van der Waals surface area contributed by atoms with Gasteiger partial charge in [-0.3, -0.25) is 35.3 Å². The first-order valence-corrected chi connectivity index (χ1v) is 8.71. The highest BCUT2D eigenvalue weighted by molar-refractivity contribution is 5.97. The first-order chi connectivity index (χ1) is 14.2. The summed E-state index contributed by atoms with van der Waals surface area (Å²) >= 11 is 0. The molecule has 30 heavy (non-hydrogen) atoms. The third kappa shape index (κ3) is 6.26. The minimum atomic E-state index is -0.988. The number of nitrogens with zero attached hydrogens (tertiary/aromatic N) is 1. The highest BCUT2D eigenvalue weighted by Crippen LogP contribution is 2.19. The standard InChI is InChI=1S/C19H19FN4O6/c1-11-3-4-13(9-16(11)24(28)29)19(27)21-10-17(25)22-23-18(26)12(2)30-15-7-5-14(20)6-8-15/h3-9,12H,10H2,1-2H3,(H,21,27)(H,22,25)(H,23,26). The van der Waals surface area contributed by atoms with Gasteiger partial charge in [0, 0.05) is 17.2 Å². The van der Waals surface area contributed by atoms with Crippen molar-refractivity contribution >= 4 is 23.4 Å². The van der Waals surface area contributed by atoms with Gasteiger partial charge >= 0.3 is 0 Å². The number of hydrogen-bond acceptors (Lipinski definition) is 6. The van der Waals surface area contributed by atoms with Crippen LogP contribution in [0, 0.1) is 22.9 Å². The molecule has 1 unspecified atom stereocenters. The number of aryl methyl sites for hydroxylation is 1. The van der Waals surface area contributed by atoms with Gasteiger partial charge < -0.3 is 10.1 Å². The molecule has 2 aromatic carbocycles. The van der Waals surface area contributed by atoms with Crippen molar-refractivity contribution in [2.75, 3.05) is 6.54 Å². The number of amides is 3. The van der Waals surface area contributed by atoms with Crippen LogP contribution in [0.4, 0.5) is 10.1 Å². The molecule has 0 aliphatic rings. The smallest absolute Gasteiger partial charge is 0.279 e. The summed E-state index contributed by atoms with van der Waals surface area (Å²) in [6, 6.07) is 8.98. The molecule has 0 saturated heterocycles. The molecule has 2 aromatic rings. The maximum atomic E-state index is 12.9. The number of nitro groups is 1. The maximum absolute atomic E-state index is 12.9. The van der Waals surface area contributed by atoms with Crippen LogP contribution >= 0.6 is 0 Å². The predicted molar refractivity (Wildman–Crippen MR) is 103 cm³/mol. The van der Waals surface area contributed by atoms with Crippen molar-refractivity contribution in [3.8, 4) is 5.75 Å². The highest BCUT2D eigenvalue weighted by atomic mass is 19.1. The van der Waals surface area contributed by atoms with E-state index in [2.05, 4.69) is 16.2 Å². The number of nitro benzene ring substituents is 1. The van der Waals surface area contributed by atoms with E-state index in [0.29, 0.717) is 5.56 Å². The lowest BCUT2D eigenvalue weighted by Crippen LogP contribution is -2.50. The largest absolute Gasteiger partial charge is 0.481 e. The zero-order valence-corrected chi connectivity index (χ0v) is 16.1. The van der Waals surface area contributed by atoms with E-state index < -0.39 is 41.1 Å². The molecule has 10 nitrogen and oxygen atoms in total. The molecule has 3 N–H and O–H groups in total. The summed E-state index contributed by atoms with van der Waals surface area (Å²) in [5.74, 6) is -2.27. The van der Waals surface area contributed by atoms with E-state index in [1.165, 1.54) is 50.2 Å². The van der Waals surface area contributed by atoms with Gasteiger partial charge in [-0.05, 0) is 44.2 Å². The Morgan fingerprint density at radius 3 is 2.43 bits per heavy atom. The van der Waals surface area contributed by atoms with E-state index in [0.717, 1.165) is 6.07 Å². The molecule has 0 heterocycles. The molecule has 0 radical (unpaired) electrons. The number of carbonyl (C=O) groups is 3. The zero-order chi connectivity index (χ0) is 22.3. The normalized spacial score (nSPS) is 11.2. The van der Waals surface area contributed by atoms with Gasteiger partial charge in [0.25, 0.3) is 23.4 Å². The van der Waals surface area contributed by atoms with Crippen LogP contribution in [0.15, 0.2) is 42.5 Å². The number of rotatable bonds is 7. The minimum Gasteiger partial charge on any atom is -0.481 e. The Hall–Kier alpha value is -4.02. The quantitative estimate of drug-likeness (QED) is 0.459. The molecular weight excluding hydrogens is 399 g/mol. The molecular formula is C19H19FN4O6. The Morgan fingerprint density at radius 1 is 1.13 bits per heavy atom. The van der Waals surface area contributed by atoms with Crippen LogP contribution < -0.4 is 20.9 Å². The average molecular weight is 418 g/mol. The molecule has 3 amide bonds. The second kappa shape index (κ2) is 9.96. The number of hydrazine groups is 1. The summed E-state index contributed by atoms with van der Waals surface area (Å²) in [5.41, 5.74) is 4.44. The van der Waals surface area contributed by atoms with Crippen molar-refractivity contribution in [3.05, 3.63) is 69.5 Å². The molecule has 0 aliphatic heterocycles. The number of hydrogen-bond donors (Lipinski definition) is 3. The molecule has 0 fully saturated rings. The number of nitrogens with one attached hydrogen (secondary N) is 3. The van der Waals surface area contributed by atoms with Crippen molar-refractivity contribution in [2.24, 2.45) is 0 Å². The molecule has 0 saturated carbocycles. The van der Waals surface area contributed by atoms with E-state index in [9.17, 15) is 28.9 Å². The van der Waals surface area contributed by atoms with Crippen molar-refractivity contribution in [2.45, 2.75) is 20.0 Å². The van der Waals surface area contributed by atoms with E-state index in [-0.39, 0.29) is 17.0 Å². The Kier molecular flexibility index (Phi) is 7.39. The molecule has 0 spiro atoms. The van der Waals surface area contributed by atoms with Crippen molar-refractivity contribution < 1.29 is 28.4 Å². The number of ether oxygens (including phenoxy) is 1. The summed E-state index contributed by atoms with van der Waals surface area (Å²) in [6.45, 7) is 2.49. The summed E-state index contributed by atoms with van der Waals surface area (Å²) in [7, 11) is 0. The Balaban J connectivity index is 1.79. The second-order valence-corrected chi connectivity index (χ2v) is 6.19. The van der Waals surface area contributed by atoms with Gasteiger partial charge in [0.05, 0.1) is 11.5 Å². The van der Waals surface area contributed by atoms with Crippen LogP contribution in [0.5, 0.6) is 5.75 Å². The van der Waals surface area contributed by atoms with Gasteiger partial charge in [-0.1, -0.05) is 6.07 Å². The SMILES string of the molecule is Cc1ccc(C(=O)NCC(=O)NNC(=O)C(C)Oc2ccc(F)cc2)cc1[N+](=O)[O-]. The summed E-state index contributed by atoms with van der Waals surface area (Å²) in [6.07, 6.45) is -0.988. The Morgan fingerprint density at radius 2 is 1.80 bits per heavy atom. The Bertz CT molecular complexity index is 964.